The predicted molar refractivity (Wildman–Crippen MR) is 143 cm³/mol. The molecule has 36 heavy (non-hydrogen) atoms. The van der Waals surface area contributed by atoms with E-state index in [9.17, 15) is 4.79 Å². The molecule has 0 aliphatic heterocycles. The normalized spacial score (nSPS) is 11.0. The fraction of sp³-hybridized carbons (Fsp3) is 0.179. The van der Waals surface area contributed by atoms with Gasteiger partial charge < -0.3 is 14.4 Å². The van der Waals surface area contributed by atoms with Gasteiger partial charge in [0, 0.05) is 18.3 Å². The smallest absolute Gasteiger partial charge is 0.275 e. The van der Waals surface area contributed by atoms with Crippen LogP contribution >= 0.6 is 11.3 Å². The molecule has 0 saturated carbocycles. The van der Waals surface area contributed by atoms with Crippen molar-refractivity contribution in [3.05, 3.63) is 106 Å². The van der Waals surface area contributed by atoms with E-state index in [1.807, 2.05) is 48.5 Å². The molecule has 5 rings (SSSR count). The van der Waals surface area contributed by atoms with Crippen LogP contribution in [-0.4, -0.2) is 28.8 Å². The van der Waals surface area contributed by atoms with E-state index in [4.69, 9.17) is 14.5 Å². The lowest BCUT2D eigenvalue weighted by Crippen LogP contribution is -2.25. The summed E-state index contributed by atoms with van der Waals surface area (Å²) in [6, 6.07) is 25.6. The first-order valence-corrected chi connectivity index (χ1v) is 12.3. The summed E-state index contributed by atoms with van der Waals surface area (Å²) in [5.41, 5.74) is 4.68. The lowest BCUT2D eigenvalue weighted by atomic mass is 10.1. The molecule has 0 spiro atoms. The molecular weight excluding hydrogens is 472 g/mol. The highest BCUT2D eigenvalue weighted by atomic mass is 32.1. The highest BCUT2D eigenvalue weighted by Gasteiger charge is 2.16. The number of rotatable bonds is 8. The highest BCUT2D eigenvalue weighted by Crippen LogP contribution is 2.32. The minimum Gasteiger partial charge on any atom is -0.497 e. The summed E-state index contributed by atoms with van der Waals surface area (Å²) in [6.45, 7) is 3.20. The van der Waals surface area contributed by atoms with E-state index in [0.29, 0.717) is 34.5 Å². The van der Waals surface area contributed by atoms with Gasteiger partial charge in [-0.15, -0.1) is 0 Å². The zero-order chi connectivity index (χ0) is 25.1. The zero-order valence-corrected chi connectivity index (χ0v) is 21.2. The van der Waals surface area contributed by atoms with E-state index >= 15 is 0 Å². The number of hydrogen-bond acceptors (Lipinski definition) is 7. The lowest BCUT2D eigenvalue weighted by molar-refractivity contribution is 0.414. The molecule has 0 bridgehead atoms. The van der Waals surface area contributed by atoms with Crippen molar-refractivity contribution in [2.75, 3.05) is 19.1 Å². The van der Waals surface area contributed by atoms with Gasteiger partial charge in [-0.2, -0.15) is 9.61 Å². The fourth-order valence-corrected chi connectivity index (χ4v) is 4.96. The Morgan fingerprint density at radius 2 is 1.67 bits per heavy atom. The second-order valence-electron chi connectivity index (χ2n) is 8.43. The van der Waals surface area contributed by atoms with Crippen LogP contribution in [0.3, 0.4) is 0 Å². The van der Waals surface area contributed by atoms with Crippen LogP contribution in [0.2, 0.25) is 0 Å². The Hall–Kier alpha value is -4.17. The van der Waals surface area contributed by atoms with Gasteiger partial charge in [-0.3, -0.25) is 4.79 Å². The Morgan fingerprint density at radius 1 is 0.917 bits per heavy atom. The number of anilines is 1. The van der Waals surface area contributed by atoms with E-state index < -0.39 is 0 Å². The van der Waals surface area contributed by atoms with Crippen LogP contribution in [0.1, 0.15) is 16.8 Å². The molecule has 0 aliphatic rings. The van der Waals surface area contributed by atoms with Gasteiger partial charge in [0.1, 0.15) is 11.5 Å². The maximum Gasteiger partial charge on any atom is 0.275 e. The molecule has 0 amide bonds. The third-order valence-corrected chi connectivity index (χ3v) is 6.86. The molecule has 0 saturated heterocycles. The van der Waals surface area contributed by atoms with Crippen molar-refractivity contribution in [3.63, 3.8) is 0 Å². The van der Waals surface area contributed by atoms with Crippen molar-refractivity contribution in [2.24, 2.45) is 0 Å². The van der Waals surface area contributed by atoms with Crippen molar-refractivity contribution in [3.8, 4) is 22.1 Å². The summed E-state index contributed by atoms with van der Waals surface area (Å²) in [5.74, 6) is 1.52. The van der Waals surface area contributed by atoms with E-state index in [1.165, 1.54) is 21.4 Å². The van der Waals surface area contributed by atoms with E-state index in [-0.39, 0.29) is 5.56 Å². The number of fused-ring (bicyclic) bond motifs is 1. The molecule has 0 unspecified atom stereocenters. The van der Waals surface area contributed by atoms with Crippen LogP contribution in [0.5, 0.6) is 11.5 Å². The molecule has 0 radical (unpaired) electrons. The number of aromatic nitrogens is 3. The van der Waals surface area contributed by atoms with Crippen LogP contribution in [0.4, 0.5) is 5.69 Å². The molecule has 0 N–H and O–H groups in total. The average molecular weight is 499 g/mol. The number of para-hydroxylation sites is 1. The molecular formula is C28H26N4O3S. The van der Waals surface area contributed by atoms with Gasteiger partial charge in [0.2, 0.25) is 4.96 Å². The molecule has 0 atom stereocenters. The first kappa shape index (κ1) is 23.6. The van der Waals surface area contributed by atoms with Crippen LogP contribution in [-0.2, 0) is 13.1 Å². The van der Waals surface area contributed by atoms with Crippen LogP contribution < -0.4 is 19.9 Å². The van der Waals surface area contributed by atoms with Gasteiger partial charge in [-0.25, -0.2) is 4.98 Å². The van der Waals surface area contributed by atoms with Crippen molar-refractivity contribution in [2.45, 2.75) is 20.0 Å². The van der Waals surface area contributed by atoms with E-state index in [1.54, 1.807) is 20.3 Å². The molecule has 3 aromatic carbocycles. The number of methoxy groups -OCH3 is 2. The Bertz CT molecular complexity index is 1540. The molecule has 2 heterocycles. The predicted octanol–water partition coefficient (Wildman–Crippen LogP) is 5.35. The highest BCUT2D eigenvalue weighted by molar-refractivity contribution is 7.19. The first-order valence-electron chi connectivity index (χ1n) is 11.5. The van der Waals surface area contributed by atoms with Crippen molar-refractivity contribution < 1.29 is 9.47 Å². The molecule has 2 aromatic heterocycles. The second kappa shape index (κ2) is 10.2. The number of hydrogen-bond donors (Lipinski definition) is 0. The number of benzene rings is 3. The average Bonchev–Trinajstić information content (AvgIpc) is 3.34. The second-order valence-corrected chi connectivity index (χ2v) is 9.38. The largest absolute Gasteiger partial charge is 0.497 e. The maximum absolute atomic E-state index is 13.0. The lowest BCUT2D eigenvalue weighted by Gasteiger charge is -2.25. The molecule has 8 heteroatoms. The number of aryl methyl sites for hydroxylation is 1. The summed E-state index contributed by atoms with van der Waals surface area (Å²) >= 11 is 1.37. The topological polar surface area (TPSA) is 69.0 Å². The molecule has 0 aliphatic carbocycles. The van der Waals surface area contributed by atoms with Crippen LogP contribution in [0, 0.1) is 6.92 Å². The van der Waals surface area contributed by atoms with Crippen molar-refractivity contribution in [1.29, 1.82) is 0 Å². The molecule has 0 fully saturated rings. The van der Waals surface area contributed by atoms with Crippen molar-refractivity contribution in [1.82, 2.24) is 14.6 Å². The maximum atomic E-state index is 13.0. The van der Waals surface area contributed by atoms with Crippen LogP contribution in [0.15, 0.2) is 83.7 Å². The summed E-state index contributed by atoms with van der Waals surface area (Å²) in [4.78, 5) is 20.6. The number of nitrogens with zero attached hydrogens (tertiary/aromatic N) is 4. The Labute approximate surface area is 213 Å². The van der Waals surface area contributed by atoms with Gasteiger partial charge in [0.25, 0.3) is 5.56 Å². The molecule has 7 nitrogen and oxygen atoms in total. The monoisotopic (exact) mass is 498 g/mol. The summed E-state index contributed by atoms with van der Waals surface area (Å²) in [5, 5.41) is 5.20. The zero-order valence-electron chi connectivity index (χ0n) is 20.3. The van der Waals surface area contributed by atoms with Gasteiger partial charge >= 0.3 is 0 Å². The standard InChI is InChI=1S/C28H26N4O3S/c1-19-8-12-22(13-9-19)31(17-20-10-14-23(34-2)15-11-20)18-21-16-26(33)32-28(29-21)36-27(30-32)24-6-4-5-7-25(24)35-3/h4-16H,17-18H2,1-3H3. The summed E-state index contributed by atoms with van der Waals surface area (Å²) < 4.78 is 12.1. The molecule has 182 valence electrons. The van der Waals surface area contributed by atoms with Gasteiger partial charge in [0.05, 0.1) is 32.0 Å². The molecule has 5 aromatic rings. The third kappa shape index (κ3) is 4.94. The van der Waals surface area contributed by atoms with E-state index in [2.05, 4.69) is 41.2 Å². The first-order chi connectivity index (χ1) is 17.5. The van der Waals surface area contributed by atoms with Gasteiger partial charge in [-0.1, -0.05) is 53.3 Å². The Morgan fingerprint density at radius 3 is 2.39 bits per heavy atom. The third-order valence-electron chi connectivity index (χ3n) is 5.92. The fourth-order valence-electron chi connectivity index (χ4n) is 4.01. The van der Waals surface area contributed by atoms with E-state index in [0.717, 1.165) is 22.6 Å². The summed E-state index contributed by atoms with van der Waals surface area (Å²) in [6.07, 6.45) is 0. The van der Waals surface area contributed by atoms with Gasteiger partial charge in [0.15, 0.2) is 5.01 Å². The SMILES string of the molecule is COc1ccc(CN(Cc2cc(=O)n3nc(-c4ccccc4OC)sc3n2)c2ccc(C)cc2)cc1. The summed E-state index contributed by atoms with van der Waals surface area (Å²) in [7, 11) is 3.28. The van der Waals surface area contributed by atoms with Crippen molar-refractivity contribution >= 4 is 22.0 Å². The Balaban J connectivity index is 1.49. The minimum atomic E-state index is -0.208. The van der Waals surface area contributed by atoms with Crippen LogP contribution in [0.25, 0.3) is 15.5 Å². The quantitative estimate of drug-likeness (QED) is 0.287. The minimum absolute atomic E-state index is 0.208. The number of ether oxygens (including phenoxy) is 2. The van der Waals surface area contributed by atoms with Gasteiger partial charge in [-0.05, 0) is 48.9 Å². The Kier molecular flexibility index (Phi) is 6.69.